The van der Waals surface area contributed by atoms with Crippen LogP contribution in [0.15, 0.2) is 48.1 Å². The minimum absolute atomic E-state index is 0. The number of hydrogen-bond acceptors (Lipinski definition) is 0. The van der Waals surface area contributed by atoms with Crippen molar-refractivity contribution in [2.24, 2.45) is 0 Å². The lowest BCUT2D eigenvalue weighted by Gasteiger charge is -2.12. The van der Waals surface area contributed by atoms with E-state index >= 15 is 0 Å². The van der Waals surface area contributed by atoms with Crippen LogP contribution in [0, 0.1) is 6.92 Å². The Hall–Kier alpha value is -1.30. The smallest absolute Gasteiger partial charge is 0.00202 e. The van der Waals surface area contributed by atoms with E-state index in [1.165, 1.54) is 16.7 Å². The monoisotopic (exact) mass is 216 g/mol. The van der Waals surface area contributed by atoms with Crippen LogP contribution in [-0.4, -0.2) is 0 Å². The van der Waals surface area contributed by atoms with Gasteiger partial charge in [0.15, 0.2) is 0 Å². The molecule has 0 bridgehead atoms. The van der Waals surface area contributed by atoms with Crippen molar-refractivity contribution in [1.82, 2.24) is 0 Å². The third-order valence-corrected chi connectivity index (χ3v) is 2.78. The van der Waals surface area contributed by atoms with Gasteiger partial charge in [0.05, 0.1) is 0 Å². The average molecular weight is 216 g/mol. The molecular formula is C16H24. The van der Waals surface area contributed by atoms with Crippen molar-refractivity contribution >= 4 is 0 Å². The van der Waals surface area contributed by atoms with Gasteiger partial charge < -0.3 is 0 Å². The molecule has 0 saturated heterocycles. The Labute approximate surface area is 101 Å². The van der Waals surface area contributed by atoms with E-state index in [1.54, 1.807) is 0 Å². The summed E-state index contributed by atoms with van der Waals surface area (Å²) in [6.45, 7) is 8.62. The van der Waals surface area contributed by atoms with Crippen LogP contribution in [0.5, 0.6) is 0 Å². The summed E-state index contributed by atoms with van der Waals surface area (Å²) in [4.78, 5) is 0. The van der Waals surface area contributed by atoms with Gasteiger partial charge in [0.1, 0.15) is 0 Å². The van der Waals surface area contributed by atoms with Gasteiger partial charge in [-0.3, -0.25) is 0 Å². The maximum absolute atomic E-state index is 2.26. The second-order valence-corrected chi connectivity index (χ2v) is 4.07. The molecule has 0 saturated carbocycles. The zero-order chi connectivity index (χ0) is 11.3. The van der Waals surface area contributed by atoms with Crippen LogP contribution in [0.2, 0.25) is 0 Å². The van der Waals surface area contributed by atoms with Gasteiger partial charge in [-0.2, -0.15) is 0 Å². The maximum atomic E-state index is 2.26. The number of allylic oxidation sites excluding steroid dienone is 4. The minimum atomic E-state index is 0. The fourth-order valence-electron chi connectivity index (χ4n) is 1.59. The molecule has 88 valence electrons. The van der Waals surface area contributed by atoms with Gasteiger partial charge in [0.2, 0.25) is 0 Å². The van der Waals surface area contributed by atoms with E-state index in [1.807, 2.05) is 6.92 Å². The molecule has 0 fully saturated rings. The molecule has 0 heteroatoms. The molecule has 0 aliphatic carbocycles. The molecule has 16 heavy (non-hydrogen) atoms. The standard InChI is InChI=1S/C15H20.CH4/c1-5-6-9-13(3)14(4)15-10-7-8-12(2)11-15;/h5-11,14H,1-4H3;1H4/b6-5-,13-9+;. The van der Waals surface area contributed by atoms with E-state index in [2.05, 4.69) is 63.3 Å². The zero-order valence-corrected chi connectivity index (χ0v) is 10.1. The molecule has 0 amide bonds. The molecule has 0 radical (unpaired) electrons. The molecule has 0 nitrogen and oxygen atoms in total. The van der Waals surface area contributed by atoms with Gasteiger partial charge in [0.25, 0.3) is 0 Å². The Kier molecular flexibility index (Phi) is 6.48. The fraction of sp³-hybridized carbons (Fsp3) is 0.375. The highest BCUT2D eigenvalue weighted by molar-refractivity contribution is 5.31. The molecule has 1 aromatic rings. The molecule has 0 aliphatic heterocycles. The highest BCUT2D eigenvalue weighted by Crippen LogP contribution is 2.23. The Morgan fingerprint density at radius 1 is 1.31 bits per heavy atom. The van der Waals surface area contributed by atoms with E-state index in [9.17, 15) is 0 Å². The lowest BCUT2D eigenvalue weighted by Crippen LogP contribution is -1.95. The van der Waals surface area contributed by atoms with E-state index < -0.39 is 0 Å². The number of aryl methyl sites for hydroxylation is 1. The number of rotatable bonds is 3. The largest absolute Gasteiger partial charge is 0.0877 e. The minimum Gasteiger partial charge on any atom is -0.0877 e. The molecule has 1 unspecified atom stereocenters. The van der Waals surface area contributed by atoms with Gasteiger partial charge in [-0.25, -0.2) is 0 Å². The Bertz CT molecular complexity index is 369. The second kappa shape index (κ2) is 7.05. The van der Waals surface area contributed by atoms with E-state index in [0.717, 1.165) is 0 Å². The molecule has 1 atom stereocenters. The van der Waals surface area contributed by atoms with Crippen molar-refractivity contribution < 1.29 is 0 Å². The predicted octanol–water partition coefficient (Wildman–Crippen LogP) is 5.26. The van der Waals surface area contributed by atoms with Crippen LogP contribution < -0.4 is 0 Å². The average Bonchev–Trinajstić information content (AvgIpc) is 2.24. The van der Waals surface area contributed by atoms with Gasteiger partial charge in [0, 0.05) is 5.92 Å². The van der Waals surface area contributed by atoms with Crippen molar-refractivity contribution in [2.45, 2.75) is 41.0 Å². The normalized spacial score (nSPS) is 13.6. The summed E-state index contributed by atoms with van der Waals surface area (Å²) in [5.41, 5.74) is 4.13. The quantitative estimate of drug-likeness (QED) is 0.605. The van der Waals surface area contributed by atoms with Crippen molar-refractivity contribution in [3.05, 3.63) is 59.2 Å². The van der Waals surface area contributed by atoms with Gasteiger partial charge in [-0.05, 0) is 26.3 Å². The lowest BCUT2D eigenvalue weighted by atomic mass is 9.92. The molecule has 0 aromatic heterocycles. The van der Waals surface area contributed by atoms with E-state index in [4.69, 9.17) is 0 Å². The van der Waals surface area contributed by atoms with Crippen molar-refractivity contribution in [3.8, 4) is 0 Å². The molecule has 0 aliphatic rings. The molecular weight excluding hydrogens is 192 g/mol. The first-order chi connectivity index (χ1) is 7.15. The third kappa shape index (κ3) is 4.06. The highest BCUT2D eigenvalue weighted by Gasteiger charge is 2.06. The molecule has 0 spiro atoms. The summed E-state index contributed by atoms with van der Waals surface area (Å²) in [7, 11) is 0. The fourth-order valence-corrected chi connectivity index (χ4v) is 1.59. The third-order valence-electron chi connectivity index (χ3n) is 2.78. The van der Waals surface area contributed by atoms with Crippen LogP contribution in [0.25, 0.3) is 0 Å². The lowest BCUT2D eigenvalue weighted by molar-refractivity contribution is 0.892. The first kappa shape index (κ1) is 14.7. The molecule has 0 N–H and O–H groups in total. The van der Waals surface area contributed by atoms with Crippen molar-refractivity contribution in [3.63, 3.8) is 0 Å². The highest BCUT2D eigenvalue weighted by atomic mass is 14.1. The Balaban J connectivity index is 0.00000225. The summed E-state index contributed by atoms with van der Waals surface area (Å²) in [5, 5.41) is 0. The summed E-state index contributed by atoms with van der Waals surface area (Å²) in [5.74, 6) is 0.501. The summed E-state index contributed by atoms with van der Waals surface area (Å²) in [6, 6.07) is 8.73. The van der Waals surface area contributed by atoms with Crippen LogP contribution >= 0.6 is 0 Å². The topological polar surface area (TPSA) is 0 Å². The van der Waals surface area contributed by atoms with Crippen molar-refractivity contribution in [2.75, 3.05) is 0 Å². The molecule has 1 aromatic carbocycles. The van der Waals surface area contributed by atoms with Gasteiger partial charge in [-0.15, -0.1) is 0 Å². The predicted molar refractivity (Wildman–Crippen MR) is 74.9 cm³/mol. The molecule has 0 heterocycles. The summed E-state index contributed by atoms with van der Waals surface area (Å²) >= 11 is 0. The molecule has 1 rings (SSSR count). The summed E-state index contributed by atoms with van der Waals surface area (Å²) < 4.78 is 0. The first-order valence-electron chi connectivity index (χ1n) is 5.51. The van der Waals surface area contributed by atoms with Crippen LogP contribution in [0.3, 0.4) is 0 Å². The maximum Gasteiger partial charge on any atom is 0.00202 e. The van der Waals surface area contributed by atoms with E-state index in [0.29, 0.717) is 5.92 Å². The first-order valence-corrected chi connectivity index (χ1v) is 5.51. The summed E-state index contributed by atoms with van der Waals surface area (Å²) in [6.07, 6.45) is 6.35. The SMILES string of the molecule is C.C/C=C\C=C(/C)C(C)c1cccc(C)c1. The Morgan fingerprint density at radius 3 is 2.56 bits per heavy atom. The Morgan fingerprint density at radius 2 is 2.00 bits per heavy atom. The van der Waals surface area contributed by atoms with Crippen LogP contribution in [0.1, 0.15) is 45.2 Å². The van der Waals surface area contributed by atoms with E-state index in [-0.39, 0.29) is 7.43 Å². The van der Waals surface area contributed by atoms with Crippen molar-refractivity contribution in [1.29, 1.82) is 0 Å². The van der Waals surface area contributed by atoms with Crippen LogP contribution in [0.4, 0.5) is 0 Å². The zero-order valence-electron chi connectivity index (χ0n) is 10.1. The van der Waals surface area contributed by atoms with Gasteiger partial charge in [-0.1, -0.05) is 68.0 Å². The number of benzene rings is 1. The van der Waals surface area contributed by atoms with Gasteiger partial charge >= 0.3 is 0 Å². The second-order valence-electron chi connectivity index (χ2n) is 4.07. The van der Waals surface area contributed by atoms with Crippen LogP contribution in [-0.2, 0) is 0 Å². The number of hydrogen-bond donors (Lipinski definition) is 0.